The van der Waals surface area contributed by atoms with Crippen LogP contribution in [0.25, 0.3) is 0 Å². The normalized spacial score (nSPS) is 23.5. The summed E-state index contributed by atoms with van der Waals surface area (Å²) in [4.78, 5) is 65.6. The Bertz CT molecular complexity index is 2250. The first-order valence-corrected chi connectivity index (χ1v) is 20.2. The summed E-state index contributed by atoms with van der Waals surface area (Å²) in [6, 6.07) is 5.06. The molecule has 22 nitrogen and oxygen atoms in total. The van der Waals surface area contributed by atoms with Crippen molar-refractivity contribution in [1.82, 2.24) is 29.7 Å². The van der Waals surface area contributed by atoms with Gasteiger partial charge in [-0.3, -0.25) is 9.59 Å². The van der Waals surface area contributed by atoms with Crippen molar-refractivity contribution in [1.29, 1.82) is 0 Å². The van der Waals surface area contributed by atoms with Gasteiger partial charge in [0.2, 0.25) is 11.8 Å². The maximum absolute atomic E-state index is 12.5. The molecule has 2 saturated heterocycles. The molecule has 2 aromatic carbocycles. The average Bonchev–Trinajstić information content (AvgIpc) is 4.06. The van der Waals surface area contributed by atoms with Crippen molar-refractivity contribution >= 4 is 37.3 Å². The molecule has 2 aliphatic carbocycles. The molecule has 4 aromatic rings. The molecule has 6 heterocycles. The summed E-state index contributed by atoms with van der Waals surface area (Å²) in [5.74, 6) is -4.08. The van der Waals surface area contributed by atoms with Crippen LogP contribution in [0.5, 0.6) is 23.0 Å². The molecular weight excluding hydrogens is 860 g/mol. The van der Waals surface area contributed by atoms with Crippen LogP contribution in [-0.2, 0) is 22.4 Å². The molecule has 2 saturated carbocycles. The van der Waals surface area contributed by atoms with E-state index < -0.39 is 61.4 Å². The number of aromatic carboxylic acids is 2. The number of hydrogen-bond donors (Lipinski definition) is 10. The van der Waals surface area contributed by atoms with E-state index in [0.29, 0.717) is 48.2 Å². The molecule has 12 N–H and O–H groups in total. The van der Waals surface area contributed by atoms with Crippen molar-refractivity contribution in [3.05, 3.63) is 83.0 Å². The number of aromatic amines is 2. The van der Waals surface area contributed by atoms with Crippen LogP contribution in [0.3, 0.4) is 0 Å². The van der Waals surface area contributed by atoms with Crippen LogP contribution >= 0.6 is 0 Å². The second-order valence-corrected chi connectivity index (χ2v) is 16.8. The molecule has 0 bridgehead atoms. The summed E-state index contributed by atoms with van der Waals surface area (Å²) in [6.07, 6.45) is 7.28. The number of imidazole rings is 2. The summed E-state index contributed by atoms with van der Waals surface area (Å²) in [5, 5.41) is 59.9. The summed E-state index contributed by atoms with van der Waals surface area (Å²) >= 11 is 0. The van der Waals surface area contributed by atoms with Crippen molar-refractivity contribution in [2.24, 2.45) is 11.5 Å². The number of nitrogens with two attached hydrogens (primary N) is 2. The van der Waals surface area contributed by atoms with Gasteiger partial charge in [-0.1, -0.05) is 36.6 Å². The topological polar surface area (TPSA) is 342 Å². The van der Waals surface area contributed by atoms with Gasteiger partial charge in [-0.05, 0) is 35.1 Å². The number of carbonyl (C=O) groups excluding carboxylic acids is 2. The Labute approximate surface area is 408 Å². The van der Waals surface area contributed by atoms with E-state index in [1.54, 1.807) is 46.5 Å². The van der Waals surface area contributed by atoms with E-state index in [4.69, 9.17) is 30.2 Å². The Balaban J connectivity index is 0.000000186. The third kappa shape index (κ3) is 9.28. The van der Waals surface area contributed by atoms with Crippen LogP contribution in [0.4, 0.5) is 0 Å². The van der Waals surface area contributed by atoms with Crippen molar-refractivity contribution in [3.8, 4) is 23.0 Å². The quantitative estimate of drug-likeness (QED) is 0.0591. The van der Waals surface area contributed by atoms with Gasteiger partial charge >= 0.3 is 84.6 Å². The largest absolute Gasteiger partial charge is 1.00 e. The number of nitrogens with one attached hydrogen (secondary N) is 2. The van der Waals surface area contributed by atoms with Crippen LogP contribution in [0.2, 0.25) is 11.6 Å². The van der Waals surface area contributed by atoms with Gasteiger partial charge in [0.05, 0.1) is 73.8 Å². The first-order valence-electron chi connectivity index (χ1n) is 20.2. The van der Waals surface area contributed by atoms with Crippen LogP contribution in [0, 0.1) is 0 Å². The molecule has 4 aliphatic heterocycles. The molecule has 0 radical (unpaired) electrons. The summed E-state index contributed by atoms with van der Waals surface area (Å²) in [5.41, 5.74) is 14.1. The van der Waals surface area contributed by atoms with Crippen LogP contribution in [0.1, 0.15) is 67.9 Å². The van der Waals surface area contributed by atoms with Crippen LogP contribution < -0.4 is 89.4 Å². The fourth-order valence-electron chi connectivity index (χ4n) is 8.87. The Hall–Kier alpha value is -4.17. The summed E-state index contributed by atoms with van der Waals surface area (Å²) in [6.45, 7) is -5.14. The fourth-order valence-corrected chi connectivity index (χ4v) is 8.87. The molecule has 10 rings (SSSR count). The number of aromatic nitrogens is 4. The number of ether oxygens (including phenoxy) is 2. The SMILES string of the molecule is N[C@@H](Cc1c[nH]cn1)C(=O)N1CC(Oc2ccc3c(c2C(=O)O)O[B-](O)(O)[C@H]2C[C@@H]32)C1.N[C@@H](Cc1c[nH]cn1)C(=O)N1CC(Oc2ccc3c(c2C(=O)O)O[B-](O)(O)[C@H]2C[C@@H]32)C1.[Na+].[Na+]. The van der Waals surface area contributed by atoms with Crippen molar-refractivity contribution in [2.45, 2.75) is 73.4 Å². The van der Waals surface area contributed by atoms with Gasteiger partial charge in [0.1, 0.15) is 34.8 Å². The Morgan fingerprint density at radius 1 is 0.688 bits per heavy atom. The van der Waals surface area contributed by atoms with Crippen molar-refractivity contribution in [3.63, 3.8) is 0 Å². The zero-order valence-electron chi connectivity index (χ0n) is 34.9. The van der Waals surface area contributed by atoms with Crippen molar-refractivity contribution < 1.29 is 127 Å². The third-order valence-electron chi connectivity index (χ3n) is 12.4. The smallest absolute Gasteiger partial charge is 0.669 e. The number of hydrogen-bond acceptors (Lipinski definition) is 16. The third-order valence-corrected chi connectivity index (χ3v) is 12.4. The standard InChI is InChI=1S/2C19H22BN4O7.2Na/c2*21-14(3-9-5-22-8-23-9)18(25)24-6-10(7-24)30-15-2-1-11-12-4-13(12)20(28,29)31-17(11)16(15)19(26)27;;/h2*1-2,5,8,10,12-14,28-29H,3-4,6-7,21H2,(H,22,23)(H,26,27);;/q2*-1;2*+1/t2*12-,13-,14-;;/m00../s1. The number of H-pyrrole nitrogens is 2. The van der Waals surface area contributed by atoms with E-state index in [1.807, 2.05) is 0 Å². The van der Waals surface area contributed by atoms with E-state index >= 15 is 0 Å². The molecular formula is C38H44B2N8Na2O14. The zero-order chi connectivity index (χ0) is 43.8. The molecule has 26 heteroatoms. The minimum absolute atomic E-state index is 0. The van der Waals surface area contributed by atoms with E-state index in [2.05, 4.69) is 19.9 Å². The Morgan fingerprint density at radius 2 is 1.06 bits per heavy atom. The fraction of sp³-hybridized carbons (Fsp3) is 0.421. The Morgan fingerprint density at radius 3 is 1.39 bits per heavy atom. The molecule has 328 valence electrons. The number of likely N-dealkylation sites (tertiary alicyclic amines) is 2. The van der Waals surface area contributed by atoms with E-state index in [9.17, 15) is 49.5 Å². The van der Waals surface area contributed by atoms with Crippen LogP contribution in [-0.4, -0.2) is 148 Å². The van der Waals surface area contributed by atoms with E-state index in [-0.39, 0.29) is 143 Å². The van der Waals surface area contributed by atoms with Crippen molar-refractivity contribution in [2.75, 3.05) is 26.2 Å². The molecule has 64 heavy (non-hydrogen) atoms. The molecule has 2 aromatic heterocycles. The van der Waals surface area contributed by atoms with Gasteiger partial charge < -0.3 is 80.3 Å². The average molecular weight is 904 g/mol. The molecule has 0 spiro atoms. The summed E-state index contributed by atoms with van der Waals surface area (Å²) < 4.78 is 22.3. The van der Waals surface area contributed by atoms with Crippen LogP contribution in [0.15, 0.2) is 49.3 Å². The van der Waals surface area contributed by atoms with Gasteiger partial charge in [0.25, 0.3) is 0 Å². The maximum atomic E-state index is 12.5. The molecule has 0 unspecified atom stereocenters. The van der Waals surface area contributed by atoms with Gasteiger partial charge in [-0.15, -0.1) is 0 Å². The number of fused-ring (bicyclic) bond motifs is 6. The first kappa shape index (κ1) is 47.8. The molecule has 2 amide bonds. The zero-order valence-corrected chi connectivity index (χ0v) is 38.9. The molecule has 6 atom stereocenters. The minimum Gasteiger partial charge on any atom is -0.669 e. The predicted octanol–water partition coefficient (Wildman–Crippen LogP) is -7.11. The number of rotatable bonds is 12. The first-order chi connectivity index (χ1) is 29.5. The Kier molecular flexibility index (Phi) is 13.6. The number of nitrogens with zero attached hydrogens (tertiary/aromatic N) is 4. The summed E-state index contributed by atoms with van der Waals surface area (Å²) in [7, 11) is 0. The second kappa shape index (κ2) is 18.2. The number of carbonyl (C=O) groups is 4. The predicted molar refractivity (Wildman–Crippen MR) is 213 cm³/mol. The minimum atomic E-state index is -3.10. The van der Waals surface area contributed by atoms with Gasteiger partial charge in [0, 0.05) is 25.2 Å². The molecule has 6 aliphatic rings. The second-order valence-electron chi connectivity index (χ2n) is 16.8. The maximum Gasteiger partial charge on any atom is 1.00 e. The number of carboxylic acids is 2. The number of benzene rings is 2. The monoisotopic (exact) mass is 904 g/mol. The van der Waals surface area contributed by atoms with Gasteiger partial charge in [-0.25, -0.2) is 19.6 Å². The molecule has 4 fully saturated rings. The van der Waals surface area contributed by atoms with Gasteiger partial charge in [0.15, 0.2) is 0 Å². The van der Waals surface area contributed by atoms with E-state index in [1.165, 1.54) is 12.7 Å². The van der Waals surface area contributed by atoms with E-state index in [0.717, 1.165) is 0 Å². The number of carboxylic acid groups (broad SMARTS) is 2. The van der Waals surface area contributed by atoms with Gasteiger partial charge in [-0.2, -0.15) is 0 Å². The number of amides is 2.